The predicted octanol–water partition coefficient (Wildman–Crippen LogP) is 2.03. The second kappa shape index (κ2) is 6.08. The van der Waals surface area contributed by atoms with Crippen LogP contribution in [0.15, 0.2) is 12.3 Å². The fourth-order valence-electron chi connectivity index (χ4n) is 1.94. The lowest BCUT2D eigenvalue weighted by Crippen LogP contribution is -2.43. The van der Waals surface area contributed by atoms with Crippen LogP contribution in [0, 0.1) is 0 Å². The highest BCUT2D eigenvalue weighted by atomic mass is 16.6. The van der Waals surface area contributed by atoms with Crippen molar-refractivity contribution >= 4 is 11.9 Å². The third-order valence-electron chi connectivity index (χ3n) is 2.75. The number of likely N-dealkylation sites (tertiary alicyclic amines) is 1. The van der Waals surface area contributed by atoms with Crippen LogP contribution in [-0.2, 0) is 9.53 Å². The molecule has 1 aliphatic heterocycles. The summed E-state index contributed by atoms with van der Waals surface area (Å²) in [6.07, 6.45) is 4.37. The Kier molecular flexibility index (Phi) is 4.97. The van der Waals surface area contributed by atoms with Gasteiger partial charge in [-0.3, -0.25) is 9.69 Å². The van der Waals surface area contributed by atoms with Crippen LogP contribution in [-0.4, -0.2) is 54.0 Å². The zero-order chi connectivity index (χ0) is 14.6. The number of carbonyl (C=O) groups is 2. The summed E-state index contributed by atoms with van der Waals surface area (Å²) in [5, 5.41) is 0. The molecule has 5 nitrogen and oxygen atoms in total. The first-order valence-electron chi connectivity index (χ1n) is 6.59. The lowest BCUT2D eigenvalue weighted by atomic mass is 10.1. The highest BCUT2D eigenvalue weighted by molar-refractivity contribution is 5.96. The van der Waals surface area contributed by atoms with Gasteiger partial charge in [0.25, 0.3) is 0 Å². The molecule has 0 aromatic carbocycles. The molecule has 0 radical (unpaired) electrons. The third-order valence-corrected chi connectivity index (χ3v) is 2.75. The van der Waals surface area contributed by atoms with Crippen molar-refractivity contribution in [3.63, 3.8) is 0 Å². The van der Waals surface area contributed by atoms with Gasteiger partial charge in [0.2, 0.25) is 0 Å². The number of amides is 1. The van der Waals surface area contributed by atoms with Crippen LogP contribution in [0.2, 0.25) is 0 Å². The quantitative estimate of drug-likeness (QED) is 0.735. The Morgan fingerprint density at radius 1 is 1.32 bits per heavy atom. The van der Waals surface area contributed by atoms with E-state index in [1.807, 2.05) is 34.9 Å². The van der Waals surface area contributed by atoms with Gasteiger partial charge in [-0.15, -0.1) is 0 Å². The second-order valence-electron chi connectivity index (χ2n) is 6.01. The Labute approximate surface area is 115 Å². The number of carbonyl (C=O) groups excluding carboxylic acids is 2. The average molecular weight is 268 g/mol. The SMILES string of the molecule is CN(C)/C=C/C(=O)C1CCCN1C(=O)OC(C)(C)C. The van der Waals surface area contributed by atoms with Crippen LogP contribution in [0.25, 0.3) is 0 Å². The molecule has 0 aromatic heterocycles. The molecule has 0 bridgehead atoms. The zero-order valence-corrected chi connectivity index (χ0v) is 12.5. The summed E-state index contributed by atoms with van der Waals surface area (Å²) < 4.78 is 5.33. The fourth-order valence-corrected chi connectivity index (χ4v) is 1.94. The van der Waals surface area contributed by atoms with Crippen molar-refractivity contribution in [2.75, 3.05) is 20.6 Å². The molecule has 0 spiro atoms. The van der Waals surface area contributed by atoms with Gasteiger partial charge in [0.05, 0.1) is 6.04 Å². The summed E-state index contributed by atoms with van der Waals surface area (Å²) >= 11 is 0. The minimum absolute atomic E-state index is 0.0444. The van der Waals surface area contributed by atoms with E-state index in [-0.39, 0.29) is 11.8 Å². The molecule has 1 atom stereocenters. The standard InChI is InChI=1S/C14H24N2O3/c1-14(2,3)19-13(18)16-9-6-7-11(16)12(17)8-10-15(4)5/h8,10-11H,6-7,9H2,1-5H3/b10-8+. The van der Waals surface area contributed by atoms with Gasteiger partial charge < -0.3 is 9.64 Å². The molecule has 0 N–H and O–H groups in total. The van der Waals surface area contributed by atoms with Crippen molar-refractivity contribution in [3.05, 3.63) is 12.3 Å². The maximum absolute atomic E-state index is 12.1. The lowest BCUT2D eigenvalue weighted by molar-refractivity contribution is -0.118. The maximum atomic E-state index is 12.1. The number of ketones is 1. The van der Waals surface area contributed by atoms with E-state index in [4.69, 9.17) is 4.74 Å². The summed E-state index contributed by atoms with van der Waals surface area (Å²) in [4.78, 5) is 27.4. The van der Waals surface area contributed by atoms with E-state index < -0.39 is 11.7 Å². The highest BCUT2D eigenvalue weighted by Gasteiger charge is 2.35. The molecular weight excluding hydrogens is 244 g/mol. The Bertz CT molecular complexity index is 369. The molecule has 1 amide bonds. The van der Waals surface area contributed by atoms with Crippen molar-refractivity contribution in [1.29, 1.82) is 0 Å². The molecule has 1 fully saturated rings. The van der Waals surface area contributed by atoms with E-state index in [9.17, 15) is 9.59 Å². The topological polar surface area (TPSA) is 49.9 Å². The van der Waals surface area contributed by atoms with Gasteiger partial charge >= 0.3 is 6.09 Å². The van der Waals surface area contributed by atoms with Gasteiger partial charge in [-0.25, -0.2) is 4.79 Å². The first-order chi connectivity index (χ1) is 8.70. The molecule has 19 heavy (non-hydrogen) atoms. The molecule has 1 rings (SSSR count). The van der Waals surface area contributed by atoms with E-state index in [0.717, 1.165) is 6.42 Å². The van der Waals surface area contributed by atoms with Crippen LogP contribution >= 0.6 is 0 Å². The normalized spacial score (nSPS) is 19.8. The van der Waals surface area contributed by atoms with Gasteiger partial charge in [-0.2, -0.15) is 0 Å². The Morgan fingerprint density at radius 2 is 1.95 bits per heavy atom. The van der Waals surface area contributed by atoms with E-state index in [1.165, 1.54) is 11.0 Å². The van der Waals surface area contributed by atoms with Gasteiger partial charge in [0, 0.05) is 26.8 Å². The van der Waals surface area contributed by atoms with Crippen molar-refractivity contribution in [2.45, 2.75) is 45.3 Å². The van der Waals surface area contributed by atoms with Crippen molar-refractivity contribution in [1.82, 2.24) is 9.80 Å². The van der Waals surface area contributed by atoms with Crippen molar-refractivity contribution in [3.8, 4) is 0 Å². The molecular formula is C14H24N2O3. The fraction of sp³-hybridized carbons (Fsp3) is 0.714. The van der Waals surface area contributed by atoms with Crippen LogP contribution in [0.1, 0.15) is 33.6 Å². The van der Waals surface area contributed by atoms with Crippen LogP contribution in [0.3, 0.4) is 0 Å². The summed E-state index contributed by atoms with van der Waals surface area (Å²) in [5.41, 5.74) is -0.535. The molecule has 1 saturated heterocycles. The molecule has 0 aromatic rings. The largest absolute Gasteiger partial charge is 0.444 e. The van der Waals surface area contributed by atoms with Crippen molar-refractivity contribution in [2.24, 2.45) is 0 Å². The molecule has 1 aliphatic rings. The molecule has 1 heterocycles. The van der Waals surface area contributed by atoms with E-state index in [2.05, 4.69) is 0 Å². The first-order valence-corrected chi connectivity index (χ1v) is 6.59. The number of rotatable bonds is 3. The Hall–Kier alpha value is -1.52. The number of hydrogen-bond acceptors (Lipinski definition) is 4. The van der Waals surface area contributed by atoms with Gasteiger partial charge in [-0.05, 0) is 39.7 Å². The summed E-state index contributed by atoms with van der Waals surface area (Å²) in [6, 6.07) is -0.383. The molecule has 0 aliphatic carbocycles. The average Bonchev–Trinajstić information content (AvgIpc) is 2.72. The zero-order valence-electron chi connectivity index (χ0n) is 12.5. The van der Waals surface area contributed by atoms with Gasteiger partial charge in [0.1, 0.15) is 5.60 Å². The summed E-state index contributed by atoms with van der Waals surface area (Å²) in [6.45, 7) is 6.05. The number of ether oxygens (including phenoxy) is 1. The smallest absolute Gasteiger partial charge is 0.410 e. The molecule has 1 unspecified atom stereocenters. The molecule has 0 saturated carbocycles. The maximum Gasteiger partial charge on any atom is 0.410 e. The monoisotopic (exact) mass is 268 g/mol. The molecule has 108 valence electrons. The third kappa shape index (κ3) is 4.93. The summed E-state index contributed by atoms with van der Waals surface area (Å²) in [5.74, 6) is -0.0444. The van der Waals surface area contributed by atoms with Gasteiger partial charge in [-0.1, -0.05) is 0 Å². The minimum Gasteiger partial charge on any atom is -0.444 e. The van der Waals surface area contributed by atoms with Crippen LogP contribution in [0.4, 0.5) is 4.79 Å². The Balaban J connectivity index is 2.68. The van der Waals surface area contributed by atoms with E-state index in [0.29, 0.717) is 13.0 Å². The lowest BCUT2D eigenvalue weighted by Gasteiger charge is -2.27. The second-order valence-corrected chi connectivity index (χ2v) is 6.01. The minimum atomic E-state index is -0.535. The van der Waals surface area contributed by atoms with E-state index in [1.54, 1.807) is 11.1 Å². The van der Waals surface area contributed by atoms with Gasteiger partial charge in [0.15, 0.2) is 5.78 Å². The number of hydrogen-bond donors (Lipinski definition) is 0. The molecule has 5 heteroatoms. The van der Waals surface area contributed by atoms with Crippen molar-refractivity contribution < 1.29 is 14.3 Å². The number of nitrogens with zero attached hydrogens (tertiary/aromatic N) is 2. The highest BCUT2D eigenvalue weighted by Crippen LogP contribution is 2.21. The Morgan fingerprint density at radius 3 is 2.47 bits per heavy atom. The predicted molar refractivity (Wildman–Crippen MR) is 73.8 cm³/mol. The van der Waals surface area contributed by atoms with E-state index >= 15 is 0 Å². The van der Waals surface area contributed by atoms with Crippen LogP contribution in [0.5, 0.6) is 0 Å². The van der Waals surface area contributed by atoms with Crippen LogP contribution < -0.4 is 0 Å². The first kappa shape index (κ1) is 15.5. The summed E-state index contributed by atoms with van der Waals surface area (Å²) in [7, 11) is 3.70.